The first-order valence-corrected chi connectivity index (χ1v) is 7.99. The zero-order chi connectivity index (χ0) is 19.4. The van der Waals surface area contributed by atoms with Crippen molar-refractivity contribution in [3.8, 4) is 0 Å². The fraction of sp³-hybridized carbons (Fsp3) is 0.263. The van der Waals surface area contributed by atoms with Gasteiger partial charge < -0.3 is 10.1 Å². The second-order valence-electron chi connectivity index (χ2n) is 6.10. The van der Waals surface area contributed by atoms with Gasteiger partial charge >= 0.3 is 5.97 Å². The summed E-state index contributed by atoms with van der Waals surface area (Å²) in [6.07, 6.45) is 0. The van der Waals surface area contributed by atoms with E-state index in [1.54, 1.807) is 13.0 Å². The molecule has 136 valence electrons. The molecule has 0 saturated heterocycles. The lowest BCUT2D eigenvalue weighted by Gasteiger charge is -2.12. The quantitative estimate of drug-likeness (QED) is 0.501. The molecule has 0 radical (unpaired) electrons. The second kappa shape index (κ2) is 7.77. The Bertz CT molecular complexity index is 866. The van der Waals surface area contributed by atoms with Gasteiger partial charge in [-0.2, -0.15) is 0 Å². The van der Waals surface area contributed by atoms with Crippen LogP contribution in [0.3, 0.4) is 0 Å². The predicted molar refractivity (Wildman–Crippen MR) is 97.4 cm³/mol. The monoisotopic (exact) mass is 356 g/mol. The number of carbonyl (C=O) groups excluding carboxylic acids is 2. The van der Waals surface area contributed by atoms with E-state index in [0.717, 1.165) is 16.7 Å². The zero-order valence-corrected chi connectivity index (χ0v) is 15.1. The smallest absolute Gasteiger partial charge is 0.339 e. The van der Waals surface area contributed by atoms with Gasteiger partial charge in [0.2, 0.25) is 0 Å². The molecule has 0 unspecified atom stereocenters. The molecule has 0 heterocycles. The number of anilines is 1. The van der Waals surface area contributed by atoms with Gasteiger partial charge in [0.1, 0.15) is 0 Å². The Labute approximate surface area is 151 Å². The number of rotatable bonds is 5. The van der Waals surface area contributed by atoms with E-state index in [1.165, 1.54) is 12.1 Å². The van der Waals surface area contributed by atoms with E-state index in [1.807, 2.05) is 32.9 Å². The second-order valence-corrected chi connectivity index (χ2v) is 6.10. The van der Waals surface area contributed by atoms with Crippen molar-refractivity contribution in [1.29, 1.82) is 0 Å². The summed E-state index contributed by atoms with van der Waals surface area (Å²) in [4.78, 5) is 34.7. The molecule has 0 aliphatic heterocycles. The normalized spacial score (nSPS) is 10.3. The molecule has 0 bridgehead atoms. The molecule has 0 fully saturated rings. The van der Waals surface area contributed by atoms with Gasteiger partial charge in [0, 0.05) is 6.07 Å². The average molecular weight is 356 g/mol. The molecule has 0 atom stereocenters. The van der Waals surface area contributed by atoms with Crippen LogP contribution < -0.4 is 5.32 Å². The molecule has 2 aromatic rings. The fourth-order valence-electron chi connectivity index (χ4n) is 2.85. The van der Waals surface area contributed by atoms with Gasteiger partial charge in [0.05, 0.1) is 21.7 Å². The lowest BCUT2D eigenvalue weighted by atomic mass is 10.00. The number of nitro benzene ring substituents is 1. The molecule has 0 saturated carbocycles. The van der Waals surface area contributed by atoms with Crippen LogP contribution in [0.5, 0.6) is 0 Å². The maximum atomic E-state index is 12.3. The molecule has 7 nitrogen and oxygen atoms in total. The molecule has 7 heteroatoms. The van der Waals surface area contributed by atoms with Crippen LogP contribution >= 0.6 is 0 Å². The van der Waals surface area contributed by atoms with Gasteiger partial charge in [0.25, 0.3) is 11.6 Å². The third-order valence-corrected chi connectivity index (χ3v) is 3.99. The first-order chi connectivity index (χ1) is 12.2. The van der Waals surface area contributed by atoms with Crippen LogP contribution in [0.15, 0.2) is 30.3 Å². The Hall–Kier alpha value is -3.22. The highest BCUT2D eigenvalue weighted by atomic mass is 16.6. The highest BCUT2D eigenvalue weighted by Crippen LogP contribution is 2.25. The molecule has 2 rings (SSSR count). The van der Waals surface area contributed by atoms with E-state index in [9.17, 15) is 19.7 Å². The summed E-state index contributed by atoms with van der Waals surface area (Å²) in [5, 5.41) is 13.5. The van der Waals surface area contributed by atoms with Crippen molar-refractivity contribution in [2.75, 3.05) is 11.9 Å². The standard InChI is InChI=1S/C19H20N2O5/c1-11-8-12(2)18(13(3)9-11)19(23)26-10-17(22)20-15-6-5-7-16(14(15)4)21(24)25/h5-9H,10H2,1-4H3,(H,20,22). The summed E-state index contributed by atoms with van der Waals surface area (Å²) in [5.41, 5.74) is 3.59. The van der Waals surface area contributed by atoms with Crippen LogP contribution in [-0.2, 0) is 9.53 Å². The largest absolute Gasteiger partial charge is 0.452 e. The van der Waals surface area contributed by atoms with Gasteiger partial charge in [-0.15, -0.1) is 0 Å². The van der Waals surface area contributed by atoms with E-state index in [4.69, 9.17) is 4.74 Å². The molecule has 2 aromatic carbocycles. The number of nitro groups is 1. The molecular formula is C19H20N2O5. The van der Waals surface area contributed by atoms with E-state index < -0.39 is 23.4 Å². The number of hydrogen-bond donors (Lipinski definition) is 1. The molecular weight excluding hydrogens is 336 g/mol. The summed E-state index contributed by atoms with van der Waals surface area (Å²) in [7, 11) is 0. The summed E-state index contributed by atoms with van der Waals surface area (Å²) in [6.45, 7) is 6.61. The fourth-order valence-corrected chi connectivity index (χ4v) is 2.85. The van der Waals surface area contributed by atoms with Crippen molar-refractivity contribution in [3.05, 3.63) is 68.3 Å². The van der Waals surface area contributed by atoms with Gasteiger partial charge in [-0.3, -0.25) is 14.9 Å². The lowest BCUT2D eigenvalue weighted by Crippen LogP contribution is -2.22. The number of nitrogens with zero attached hydrogens (tertiary/aromatic N) is 1. The lowest BCUT2D eigenvalue weighted by molar-refractivity contribution is -0.385. The first-order valence-electron chi connectivity index (χ1n) is 7.99. The van der Waals surface area contributed by atoms with Gasteiger partial charge in [-0.25, -0.2) is 4.79 Å². The Balaban J connectivity index is 2.05. The van der Waals surface area contributed by atoms with Crippen LogP contribution in [0.25, 0.3) is 0 Å². The Kier molecular flexibility index (Phi) is 5.71. The predicted octanol–water partition coefficient (Wildman–Crippen LogP) is 3.62. The summed E-state index contributed by atoms with van der Waals surface area (Å²) < 4.78 is 5.10. The molecule has 0 aliphatic carbocycles. The third kappa shape index (κ3) is 4.24. The first kappa shape index (κ1) is 19.1. The number of nitrogens with one attached hydrogen (secondary N) is 1. The van der Waals surface area contributed by atoms with Gasteiger partial charge in [0.15, 0.2) is 6.61 Å². The summed E-state index contributed by atoms with van der Waals surface area (Å²) in [5.74, 6) is -1.14. The van der Waals surface area contributed by atoms with Crippen molar-refractivity contribution in [3.63, 3.8) is 0 Å². The molecule has 0 aromatic heterocycles. The Morgan fingerprint density at radius 3 is 2.31 bits per heavy atom. The number of benzene rings is 2. The SMILES string of the molecule is Cc1cc(C)c(C(=O)OCC(=O)Nc2cccc([N+](=O)[O-])c2C)c(C)c1. The van der Waals surface area contributed by atoms with Crippen LogP contribution in [0.4, 0.5) is 11.4 Å². The molecule has 1 N–H and O–H groups in total. The van der Waals surface area contributed by atoms with Crippen molar-refractivity contribution in [2.24, 2.45) is 0 Å². The Morgan fingerprint density at radius 1 is 1.12 bits per heavy atom. The molecule has 26 heavy (non-hydrogen) atoms. The summed E-state index contributed by atoms with van der Waals surface area (Å²) in [6, 6.07) is 8.13. The highest BCUT2D eigenvalue weighted by Gasteiger charge is 2.18. The van der Waals surface area contributed by atoms with Crippen LogP contribution in [0.2, 0.25) is 0 Å². The number of carbonyl (C=O) groups is 2. The number of amides is 1. The number of esters is 1. The molecule has 0 aliphatic rings. The summed E-state index contributed by atoms with van der Waals surface area (Å²) >= 11 is 0. The van der Waals surface area contributed by atoms with Gasteiger partial charge in [-0.05, 0) is 44.9 Å². The van der Waals surface area contributed by atoms with Crippen LogP contribution in [-0.4, -0.2) is 23.4 Å². The van der Waals surface area contributed by atoms with Crippen LogP contribution in [0, 0.1) is 37.8 Å². The topological polar surface area (TPSA) is 98.5 Å². The maximum absolute atomic E-state index is 12.3. The highest BCUT2D eigenvalue weighted by molar-refractivity contribution is 5.97. The van der Waals surface area contributed by atoms with Crippen molar-refractivity contribution < 1.29 is 19.2 Å². The molecule has 1 amide bonds. The van der Waals surface area contributed by atoms with Crippen molar-refractivity contribution in [2.45, 2.75) is 27.7 Å². The Morgan fingerprint density at radius 2 is 1.73 bits per heavy atom. The minimum Gasteiger partial charge on any atom is -0.452 e. The minimum atomic E-state index is -0.578. The third-order valence-electron chi connectivity index (χ3n) is 3.99. The molecule has 0 spiro atoms. The number of hydrogen-bond acceptors (Lipinski definition) is 5. The van der Waals surface area contributed by atoms with E-state index >= 15 is 0 Å². The maximum Gasteiger partial charge on any atom is 0.339 e. The van der Waals surface area contributed by atoms with E-state index in [-0.39, 0.29) is 5.69 Å². The van der Waals surface area contributed by atoms with E-state index in [2.05, 4.69) is 5.32 Å². The number of aryl methyl sites for hydroxylation is 3. The van der Waals surface area contributed by atoms with E-state index in [0.29, 0.717) is 16.8 Å². The minimum absolute atomic E-state index is 0.0919. The number of ether oxygens (including phenoxy) is 1. The van der Waals surface area contributed by atoms with Gasteiger partial charge in [-0.1, -0.05) is 23.8 Å². The zero-order valence-electron chi connectivity index (χ0n) is 15.1. The van der Waals surface area contributed by atoms with Crippen molar-refractivity contribution >= 4 is 23.3 Å². The van der Waals surface area contributed by atoms with Crippen LogP contribution in [0.1, 0.15) is 32.6 Å². The van der Waals surface area contributed by atoms with Crippen molar-refractivity contribution in [1.82, 2.24) is 0 Å². The average Bonchev–Trinajstić information content (AvgIpc) is 2.53.